The highest BCUT2D eigenvalue weighted by Crippen LogP contribution is 1.98. The third-order valence-electron chi connectivity index (χ3n) is 2.22. The molecule has 0 heterocycles. The topological polar surface area (TPSA) is 66.8 Å². The van der Waals surface area contributed by atoms with Gasteiger partial charge in [0, 0.05) is 7.11 Å². The van der Waals surface area contributed by atoms with Gasteiger partial charge in [-0.1, -0.05) is 48.5 Å². The Hall–Kier alpha value is -2.17. The van der Waals surface area contributed by atoms with Crippen molar-refractivity contribution in [1.82, 2.24) is 0 Å². The zero-order valence-corrected chi connectivity index (χ0v) is 11.7. The highest BCUT2D eigenvalue weighted by atomic mass is 16.5. The van der Waals surface area contributed by atoms with Gasteiger partial charge < -0.3 is 14.9 Å². The Morgan fingerprint density at radius 1 is 0.950 bits per heavy atom. The molecule has 0 saturated heterocycles. The summed E-state index contributed by atoms with van der Waals surface area (Å²) in [6.07, 6.45) is 0. The fourth-order valence-corrected chi connectivity index (χ4v) is 1.28. The molecule has 0 spiro atoms. The number of carbonyl (C=O) groups excluding carboxylic acids is 1. The maximum absolute atomic E-state index is 10.8. The molecule has 4 heteroatoms. The van der Waals surface area contributed by atoms with E-state index in [0.29, 0.717) is 5.56 Å². The van der Waals surface area contributed by atoms with E-state index in [1.54, 1.807) is 24.3 Å². The number of hydrogen-bond acceptors (Lipinski definition) is 4. The van der Waals surface area contributed by atoms with Crippen molar-refractivity contribution in [3.8, 4) is 0 Å². The highest BCUT2D eigenvalue weighted by molar-refractivity contribution is 5.89. The van der Waals surface area contributed by atoms with Gasteiger partial charge in [-0.2, -0.15) is 0 Å². The minimum atomic E-state index is -0.291. The van der Waals surface area contributed by atoms with Gasteiger partial charge in [-0.05, 0) is 17.7 Å². The number of ether oxygens (including phenoxy) is 1. The Kier molecular flexibility index (Phi) is 10.6. The monoisotopic (exact) mass is 276 g/mol. The second-order valence-corrected chi connectivity index (χ2v) is 3.50. The summed E-state index contributed by atoms with van der Waals surface area (Å²) in [4.78, 5) is 10.8. The molecular formula is C16H20O4. The van der Waals surface area contributed by atoms with Gasteiger partial charge in [-0.15, -0.1) is 0 Å². The average Bonchev–Trinajstić information content (AvgIpc) is 2.58. The number of methoxy groups -OCH3 is 1. The minimum Gasteiger partial charge on any atom is -0.465 e. The van der Waals surface area contributed by atoms with E-state index in [9.17, 15) is 4.79 Å². The minimum absolute atomic E-state index is 0.140. The summed E-state index contributed by atoms with van der Waals surface area (Å²) in [6.45, 7) is 0.140. The number of rotatable bonds is 2. The van der Waals surface area contributed by atoms with Crippen LogP contribution in [0, 0.1) is 0 Å². The lowest BCUT2D eigenvalue weighted by Crippen LogP contribution is -1.99. The van der Waals surface area contributed by atoms with Gasteiger partial charge in [-0.25, -0.2) is 4.79 Å². The third kappa shape index (κ3) is 7.31. The molecule has 0 bridgehead atoms. The SMILES string of the molecule is CO.COC(=O)c1ccccc1.OCc1ccccc1. The summed E-state index contributed by atoms with van der Waals surface area (Å²) in [6, 6.07) is 18.4. The van der Waals surface area contributed by atoms with Crippen molar-refractivity contribution in [2.45, 2.75) is 6.61 Å². The zero-order chi connectivity index (χ0) is 15.2. The van der Waals surface area contributed by atoms with E-state index in [0.717, 1.165) is 12.7 Å². The Bertz CT molecular complexity index is 454. The molecule has 0 aromatic heterocycles. The molecule has 20 heavy (non-hydrogen) atoms. The predicted molar refractivity (Wildman–Crippen MR) is 78.3 cm³/mol. The van der Waals surface area contributed by atoms with E-state index in [4.69, 9.17) is 10.2 Å². The second kappa shape index (κ2) is 11.9. The van der Waals surface area contributed by atoms with Crippen LogP contribution in [0.3, 0.4) is 0 Å². The van der Waals surface area contributed by atoms with Crippen molar-refractivity contribution in [3.63, 3.8) is 0 Å². The van der Waals surface area contributed by atoms with Crippen LogP contribution in [0.4, 0.5) is 0 Å². The number of hydrogen-bond donors (Lipinski definition) is 2. The van der Waals surface area contributed by atoms with Crippen LogP contribution >= 0.6 is 0 Å². The van der Waals surface area contributed by atoms with Gasteiger partial charge in [0.2, 0.25) is 0 Å². The van der Waals surface area contributed by atoms with Gasteiger partial charge in [0.05, 0.1) is 19.3 Å². The quantitative estimate of drug-likeness (QED) is 0.826. The molecule has 0 saturated carbocycles. The van der Waals surface area contributed by atoms with Crippen LogP contribution in [0.2, 0.25) is 0 Å². The summed E-state index contributed by atoms with van der Waals surface area (Å²) < 4.78 is 4.50. The van der Waals surface area contributed by atoms with E-state index in [1.807, 2.05) is 36.4 Å². The lowest BCUT2D eigenvalue weighted by Gasteiger charge is -1.95. The molecule has 0 aliphatic carbocycles. The number of esters is 1. The predicted octanol–water partition coefficient (Wildman–Crippen LogP) is 2.26. The van der Waals surface area contributed by atoms with Crippen molar-refractivity contribution in [1.29, 1.82) is 0 Å². The van der Waals surface area contributed by atoms with Crippen molar-refractivity contribution in [2.75, 3.05) is 14.2 Å². The first kappa shape index (κ1) is 17.8. The van der Waals surface area contributed by atoms with Gasteiger partial charge in [0.15, 0.2) is 0 Å². The lowest BCUT2D eigenvalue weighted by molar-refractivity contribution is 0.0600. The molecule has 0 unspecified atom stereocenters. The summed E-state index contributed by atoms with van der Waals surface area (Å²) in [5.74, 6) is -0.291. The summed E-state index contributed by atoms with van der Waals surface area (Å²) >= 11 is 0. The Morgan fingerprint density at radius 3 is 1.75 bits per heavy atom. The molecule has 4 nitrogen and oxygen atoms in total. The normalized spacial score (nSPS) is 8.40. The molecule has 0 amide bonds. The lowest BCUT2D eigenvalue weighted by atomic mass is 10.2. The van der Waals surface area contributed by atoms with Gasteiger partial charge in [0.1, 0.15) is 0 Å². The number of aliphatic hydroxyl groups excluding tert-OH is 2. The van der Waals surface area contributed by atoms with E-state index in [-0.39, 0.29) is 12.6 Å². The first-order valence-electron chi connectivity index (χ1n) is 6.00. The molecule has 0 atom stereocenters. The van der Waals surface area contributed by atoms with Gasteiger partial charge >= 0.3 is 5.97 Å². The number of benzene rings is 2. The van der Waals surface area contributed by atoms with Crippen molar-refractivity contribution < 1.29 is 19.7 Å². The Labute approximate surface area is 119 Å². The maximum atomic E-state index is 10.8. The maximum Gasteiger partial charge on any atom is 0.337 e. The molecule has 0 aliphatic rings. The van der Waals surface area contributed by atoms with E-state index >= 15 is 0 Å². The van der Waals surface area contributed by atoms with Crippen LogP contribution in [-0.2, 0) is 11.3 Å². The molecule has 2 aromatic carbocycles. The molecule has 2 rings (SSSR count). The molecule has 2 aromatic rings. The Morgan fingerprint density at radius 2 is 1.40 bits per heavy atom. The van der Waals surface area contributed by atoms with E-state index in [1.165, 1.54) is 7.11 Å². The molecule has 108 valence electrons. The molecule has 2 N–H and O–H groups in total. The van der Waals surface area contributed by atoms with E-state index < -0.39 is 0 Å². The second-order valence-electron chi connectivity index (χ2n) is 3.50. The van der Waals surface area contributed by atoms with Crippen LogP contribution < -0.4 is 0 Å². The zero-order valence-electron chi connectivity index (χ0n) is 11.7. The highest BCUT2D eigenvalue weighted by Gasteiger charge is 2.00. The number of carbonyl (C=O) groups is 1. The standard InChI is InChI=1S/C8H8O2.C7H8O.CH4O/c1-10-8(9)7-5-3-2-4-6-7;8-6-7-4-2-1-3-5-7;1-2/h2-6H,1H3;1-5,8H,6H2;2H,1H3. The van der Waals surface area contributed by atoms with Crippen molar-refractivity contribution in [3.05, 3.63) is 71.8 Å². The Balaban J connectivity index is 0.000000327. The molecule has 0 fully saturated rings. The largest absolute Gasteiger partial charge is 0.465 e. The van der Waals surface area contributed by atoms with Gasteiger partial charge in [0.25, 0.3) is 0 Å². The van der Waals surface area contributed by atoms with Crippen LogP contribution in [0.1, 0.15) is 15.9 Å². The molecular weight excluding hydrogens is 256 g/mol. The summed E-state index contributed by atoms with van der Waals surface area (Å²) in [5, 5.41) is 15.5. The fraction of sp³-hybridized carbons (Fsp3) is 0.188. The van der Waals surface area contributed by atoms with E-state index in [2.05, 4.69) is 4.74 Å². The smallest absolute Gasteiger partial charge is 0.337 e. The van der Waals surface area contributed by atoms with Gasteiger partial charge in [-0.3, -0.25) is 0 Å². The van der Waals surface area contributed by atoms with Crippen LogP contribution in [0.25, 0.3) is 0 Å². The molecule has 0 radical (unpaired) electrons. The van der Waals surface area contributed by atoms with Crippen LogP contribution in [0.5, 0.6) is 0 Å². The van der Waals surface area contributed by atoms with Crippen molar-refractivity contribution in [2.24, 2.45) is 0 Å². The van der Waals surface area contributed by atoms with Crippen LogP contribution in [0.15, 0.2) is 60.7 Å². The fourth-order valence-electron chi connectivity index (χ4n) is 1.28. The summed E-state index contributed by atoms with van der Waals surface area (Å²) in [7, 11) is 2.37. The summed E-state index contributed by atoms with van der Waals surface area (Å²) in [5.41, 5.74) is 1.55. The average molecular weight is 276 g/mol. The number of aliphatic hydroxyl groups is 2. The molecule has 0 aliphatic heterocycles. The van der Waals surface area contributed by atoms with Crippen LogP contribution in [-0.4, -0.2) is 30.4 Å². The first-order chi connectivity index (χ1) is 9.77. The first-order valence-corrected chi connectivity index (χ1v) is 6.00. The van der Waals surface area contributed by atoms with Crippen molar-refractivity contribution >= 4 is 5.97 Å². The third-order valence-corrected chi connectivity index (χ3v) is 2.22.